The third-order valence-corrected chi connectivity index (χ3v) is 2.43. The largest absolute Gasteiger partial charge is 0.397 e. The summed E-state index contributed by atoms with van der Waals surface area (Å²) in [6.45, 7) is 2.93. The van der Waals surface area contributed by atoms with Crippen molar-refractivity contribution in [2.24, 2.45) is 10.7 Å². The van der Waals surface area contributed by atoms with Crippen molar-refractivity contribution < 1.29 is 0 Å². The average molecular weight is 220 g/mol. The molecule has 0 saturated heterocycles. The molecule has 0 saturated carbocycles. The molecule has 0 radical (unpaired) electrons. The number of nitrogen functional groups attached to an aromatic ring is 2. The highest BCUT2D eigenvalue weighted by molar-refractivity contribution is 5.98. The molecule has 0 aliphatic rings. The lowest BCUT2D eigenvalue weighted by Crippen LogP contribution is -2.14. The Kier molecular flexibility index (Phi) is 4.64. The Morgan fingerprint density at radius 1 is 1.19 bits per heavy atom. The van der Waals surface area contributed by atoms with E-state index in [0.29, 0.717) is 17.2 Å². The van der Waals surface area contributed by atoms with E-state index in [2.05, 4.69) is 11.9 Å². The number of hydrogen-bond acceptors (Lipinski definition) is 3. The van der Waals surface area contributed by atoms with Gasteiger partial charge >= 0.3 is 0 Å². The maximum atomic E-state index is 5.85. The fraction of sp³-hybridized carbons (Fsp3) is 0.417. The molecule has 0 amide bonds. The van der Waals surface area contributed by atoms with Gasteiger partial charge in [0.2, 0.25) is 0 Å². The van der Waals surface area contributed by atoms with Crippen LogP contribution in [0.2, 0.25) is 0 Å². The number of amidine groups is 1. The number of hydrogen-bond donors (Lipinski definition) is 3. The molecule has 1 aromatic rings. The molecular formula is C12H20N4. The number of nitrogens with zero attached hydrogens (tertiary/aromatic N) is 1. The zero-order chi connectivity index (χ0) is 12.0. The smallest absolute Gasteiger partial charge is 0.125 e. The predicted molar refractivity (Wildman–Crippen MR) is 70.4 cm³/mol. The lowest BCUT2D eigenvalue weighted by molar-refractivity contribution is 0.728. The fourth-order valence-corrected chi connectivity index (χ4v) is 1.39. The average Bonchev–Trinajstić information content (AvgIpc) is 2.28. The second-order valence-corrected chi connectivity index (χ2v) is 3.82. The SMILES string of the molecule is CCCCCN=C(N)c1ccc(N)c(N)c1. The molecule has 4 nitrogen and oxygen atoms in total. The van der Waals surface area contributed by atoms with E-state index < -0.39 is 0 Å². The van der Waals surface area contributed by atoms with Gasteiger partial charge in [-0.05, 0) is 24.6 Å². The summed E-state index contributed by atoms with van der Waals surface area (Å²) in [7, 11) is 0. The van der Waals surface area contributed by atoms with Gasteiger partial charge in [-0.25, -0.2) is 0 Å². The van der Waals surface area contributed by atoms with Gasteiger partial charge in [-0.1, -0.05) is 19.8 Å². The van der Waals surface area contributed by atoms with Crippen molar-refractivity contribution in [2.45, 2.75) is 26.2 Å². The van der Waals surface area contributed by atoms with Crippen molar-refractivity contribution >= 4 is 17.2 Å². The minimum atomic E-state index is 0.530. The van der Waals surface area contributed by atoms with Crippen LogP contribution in [0.5, 0.6) is 0 Å². The number of benzene rings is 1. The van der Waals surface area contributed by atoms with Gasteiger partial charge in [0.05, 0.1) is 11.4 Å². The van der Waals surface area contributed by atoms with Crippen molar-refractivity contribution in [2.75, 3.05) is 18.0 Å². The topological polar surface area (TPSA) is 90.4 Å². The third-order valence-electron chi connectivity index (χ3n) is 2.43. The third kappa shape index (κ3) is 3.46. The molecule has 0 aliphatic heterocycles. The van der Waals surface area contributed by atoms with E-state index >= 15 is 0 Å². The molecular weight excluding hydrogens is 200 g/mol. The van der Waals surface area contributed by atoms with Crippen LogP contribution in [-0.2, 0) is 0 Å². The van der Waals surface area contributed by atoms with Gasteiger partial charge in [-0.2, -0.15) is 0 Å². The van der Waals surface area contributed by atoms with Crippen LogP contribution in [0.3, 0.4) is 0 Å². The second-order valence-electron chi connectivity index (χ2n) is 3.82. The molecule has 0 aromatic heterocycles. The number of rotatable bonds is 5. The van der Waals surface area contributed by atoms with E-state index in [1.165, 1.54) is 12.8 Å². The fourth-order valence-electron chi connectivity index (χ4n) is 1.39. The monoisotopic (exact) mass is 220 g/mol. The van der Waals surface area contributed by atoms with Crippen LogP contribution < -0.4 is 17.2 Å². The van der Waals surface area contributed by atoms with Crippen molar-refractivity contribution in [1.82, 2.24) is 0 Å². The van der Waals surface area contributed by atoms with E-state index in [1.54, 1.807) is 12.1 Å². The van der Waals surface area contributed by atoms with Crippen LogP contribution in [0, 0.1) is 0 Å². The first kappa shape index (κ1) is 12.4. The highest BCUT2D eigenvalue weighted by Crippen LogP contribution is 2.15. The van der Waals surface area contributed by atoms with Crippen LogP contribution >= 0.6 is 0 Å². The standard InChI is InChI=1S/C12H20N4/c1-2-3-4-7-16-12(15)9-5-6-10(13)11(14)8-9/h5-6,8H,2-4,7,13-14H2,1H3,(H2,15,16). The predicted octanol–water partition coefficient (Wildman–Crippen LogP) is 1.75. The van der Waals surface area contributed by atoms with Gasteiger partial charge in [0.15, 0.2) is 0 Å². The summed E-state index contributed by atoms with van der Waals surface area (Å²) in [4.78, 5) is 4.30. The molecule has 1 rings (SSSR count). The number of anilines is 2. The van der Waals surface area contributed by atoms with Crippen LogP contribution in [-0.4, -0.2) is 12.4 Å². The first-order chi connectivity index (χ1) is 7.65. The summed E-state index contributed by atoms with van der Waals surface area (Å²) >= 11 is 0. The maximum absolute atomic E-state index is 5.85. The molecule has 16 heavy (non-hydrogen) atoms. The zero-order valence-corrected chi connectivity index (χ0v) is 9.74. The number of nitrogens with two attached hydrogens (primary N) is 3. The van der Waals surface area contributed by atoms with Gasteiger partial charge < -0.3 is 17.2 Å². The highest BCUT2D eigenvalue weighted by Gasteiger charge is 2.00. The van der Waals surface area contributed by atoms with Gasteiger partial charge in [-0.15, -0.1) is 0 Å². The van der Waals surface area contributed by atoms with Crippen LogP contribution in [0.1, 0.15) is 31.7 Å². The summed E-state index contributed by atoms with van der Waals surface area (Å²) in [5.74, 6) is 0.530. The van der Waals surface area contributed by atoms with Crippen LogP contribution in [0.25, 0.3) is 0 Å². The second kappa shape index (κ2) is 6.00. The zero-order valence-electron chi connectivity index (χ0n) is 9.74. The Balaban J connectivity index is 2.64. The minimum Gasteiger partial charge on any atom is -0.397 e. The molecule has 4 heteroatoms. The van der Waals surface area contributed by atoms with Gasteiger partial charge in [0.1, 0.15) is 5.84 Å². The Hall–Kier alpha value is -1.71. The van der Waals surface area contributed by atoms with Crippen molar-refractivity contribution in [1.29, 1.82) is 0 Å². The summed E-state index contributed by atoms with van der Waals surface area (Å²) in [6, 6.07) is 5.34. The van der Waals surface area contributed by atoms with Crippen molar-refractivity contribution in [3.05, 3.63) is 23.8 Å². The number of unbranched alkanes of at least 4 members (excludes halogenated alkanes) is 2. The quantitative estimate of drug-likeness (QED) is 0.305. The first-order valence-corrected chi connectivity index (χ1v) is 5.60. The molecule has 0 heterocycles. The van der Waals surface area contributed by atoms with Crippen molar-refractivity contribution in [3.8, 4) is 0 Å². The van der Waals surface area contributed by atoms with Crippen molar-refractivity contribution in [3.63, 3.8) is 0 Å². The minimum absolute atomic E-state index is 0.530. The molecule has 88 valence electrons. The molecule has 1 aromatic carbocycles. The van der Waals surface area contributed by atoms with Gasteiger partial charge in [-0.3, -0.25) is 4.99 Å². The Morgan fingerprint density at radius 3 is 2.56 bits per heavy atom. The number of aliphatic imine (C=N–C) groups is 1. The van der Waals surface area contributed by atoms with E-state index in [9.17, 15) is 0 Å². The summed E-state index contributed by atoms with van der Waals surface area (Å²) in [5.41, 5.74) is 19.1. The Morgan fingerprint density at radius 2 is 1.94 bits per heavy atom. The summed E-state index contributed by atoms with van der Waals surface area (Å²) < 4.78 is 0. The van der Waals surface area contributed by atoms with E-state index in [0.717, 1.165) is 18.5 Å². The summed E-state index contributed by atoms with van der Waals surface area (Å²) in [5, 5.41) is 0. The van der Waals surface area contributed by atoms with Crippen LogP contribution in [0.15, 0.2) is 23.2 Å². The maximum Gasteiger partial charge on any atom is 0.125 e. The molecule has 0 atom stereocenters. The van der Waals surface area contributed by atoms with Gasteiger partial charge in [0.25, 0.3) is 0 Å². The molecule has 0 spiro atoms. The van der Waals surface area contributed by atoms with E-state index in [4.69, 9.17) is 17.2 Å². The van der Waals surface area contributed by atoms with Crippen LogP contribution in [0.4, 0.5) is 11.4 Å². The van der Waals surface area contributed by atoms with E-state index in [1.807, 2.05) is 6.07 Å². The van der Waals surface area contributed by atoms with Gasteiger partial charge in [0, 0.05) is 12.1 Å². The molecule has 0 bridgehead atoms. The first-order valence-electron chi connectivity index (χ1n) is 5.60. The molecule has 0 fully saturated rings. The Labute approximate surface area is 96.5 Å². The Bertz CT molecular complexity index is 371. The lowest BCUT2D eigenvalue weighted by Gasteiger charge is -2.04. The molecule has 0 unspecified atom stereocenters. The van der Waals surface area contributed by atoms with E-state index in [-0.39, 0.29) is 0 Å². The normalized spacial score (nSPS) is 11.7. The lowest BCUT2D eigenvalue weighted by atomic mass is 10.1. The highest BCUT2D eigenvalue weighted by atomic mass is 14.8. The molecule has 0 aliphatic carbocycles. The summed E-state index contributed by atoms with van der Waals surface area (Å²) in [6.07, 6.45) is 3.44. The molecule has 6 N–H and O–H groups in total.